The molecule has 150 valence electrons. The highest BCUT2D eigenvalue weighted by atomic mass is 32.2. The van der Waals surface area contributed by atoms with Crippen molar-refractivity contribution in [2.45, 2.75) is 24.9 Å². The van der Waals surface area contributed by atoms with Crippen LogP contribution in [0.4, 0.5) is 5.69 Å². The molecule has 0 spiro atoms. The van der Waals surface area contributed by atoms with Crippen LogP contribution in [0.3, 0.4) is 0 Å². The van der Waals surface area contributed by atoms with Crippen molar-refractivity contribution < 1.29 is 4.74 Å². The zero-order valence-electron chi connectivity index (χ0n) is 17.0. The number of rotatable bonds is 6. The van der Waals surface area contributed by atoms with Crippen LogP contribution in [0.5, 0.6) is 0 Å². The third-order valence-electron chi connectivity index (χ3n) is 4.90. The van der Waals surface area contributed by atoms with E-state index in [1.54, 1.807) is 11.8 Å². The van der Waals surface area contributed by atoms with E-state index >= 15 is 0 Å². The molecular formula is C22H30N4OS. The molecule has 1 fully saturated rings. The van der Waals surface area contributed by atoms with E-state index in [0.717, 1.165) is 45.4 Å². The third kappa shape index (κ3) is 5.42. The lowest BCUT2D eigenvalue weighted by Crippen LogP contribution is -2.39. The quantitative estimate of drug-likeness (QED) is 0.444. The fourth-order valence-corrected chi connectivity index (χ4v) is 4.06. The van der Waals surface area contributed by atoms with Crippen molar-refractivity contribution in [2.75, 3.05) is 44.5 Å². The smallest absolute Gasteiger partial charge is 0.191 e. The fourth-order valence-electron chi connectivity index (χ4n) is 3.35. The van der Waals surface area contributed by atoms with Gasteiger partial charge < -0.3 is 20.3 Å². The number of morpholine rings is 1. The molecule has 6 heteroatoms. The molecule has 0 aromatic heterocycles. The van der Waals surface area contributed by atoms with E-state index in [0.29, 0.717) is 0 Å². The van der Waals surface area contributed by atoms with E-state index in [1.165, 1.54) is 27.3 Å². The molecule has 2 aromatic carbocycles. The Morgan fingerprint density at radius 2 is 1.79 bits per heavy atom. The van der Waals surface area contributed by atoms with Gasteiger partial charge in [-0.25, -0.2) is 0 Å². The van der Waals surface area contributed by atoms with Crippen molar-refractivity contribution in [2.24, 2.45) is 4.99 Å². The first-order chi connectivity index (χ1) is 13.7. The number of anilines is 1. The monoisotopic (exact) mass is 398 g/mol. The average molecular weight is 399 g/mol. The number of hydrogen-bond acceptors (Lipinski definition) is 4. The number of guanidine groups is 1. The number of aliphatic imine (C=N–C) groups is 1. The minimum absolute atomic E-state index is 0.733. The van der Waals surface area contributed by atoms with Gasteiger partial charge in [0.25, 0.3) is 0 Å². The summed E-state index contributed by atoms with van der Waals surface area (Å²) < 4.78 is 5.49. The van der Waals surface area contributed by atoms with Gasteiger partial charge in [0.05, 0.1) is 13.2 Å². The van der Waals surface area contributed by atoms with E-state index in [2.05, 4.69) is 76.2 Å². The van der Waals surface area contributed by atoms with E-state index in [4.69, 9.17) is 4.74 Å². The molecule has 2 N–H and O–H groups in total. The van der Waals surface area contributed by atoms with E-state index in [1.807, 2.05) is 7.05 Å². The zero-order valence-corrected chi connectivity index (χ0v) is 17.8. The van der Waals surface area contributed by atoms with Crippen LogP contribution < -0.4 is 15.5 Å². The standard InChI is InChI=1S/C22H30N4OS/c1-17-8-9-19(21(14-17)28-3)16-25-22(23-2)24-15-18-6-4-5-7-20(18)26-10-12-27-13-11-26/h4-9,14H,10-13,15-16H2,1-3H3,(H2,23,24,25). The fraction of sp³-hybridized carbons (Fsp3) is 0.409. The molecule has 0 unspecified atom stereocenters. The summed E-state index contributed by atoms with van der Waals surface area (Å²) in [7, 11) is 1.81. The Morgan fingerprint density at radius 1 is 1.07 bits per heavy atom. The first-order valence-corrected chi connectivity index (χ1v) is 10.9. The Kier molecular flexibility index (Phi) is 7.62. The maximum absolute atomic E-state index is 5.49. The number of thioether (sulfide) groups is 1. The van der Waals surface area contributed by atoms with Crippen molar-refractivity contribution >= 4 is 23.4 Å². The topological polar surface area (TPSA) is 48.9 Å². The highest BCUT2D eigenvalue weighted by Gasteiger charge is 2.14. The second-order valence-electron chi connectivity index (χ2n) is 6.82. The number of nitrogens with zero attached hydrogens (tertiary/aromatic N) is 2. The van der Waals surface area contributed by atoms with E-state index in [-0.39, 0.29) is 0 Å². The molecule has 0 atom stereocenters. The summed E-state index contributed by atoms with van der Waals surface area (Å²) in [5.41, 5.74) is 5.12. The lowest BCUT2D eigenvalue weighted by Gasteiger charge is -2.30. The molecule has 1 heterocycles. The predicted molar refractivity (Wildman–Crippen MR) is 119 cm³/mol. The van der Waals surface area contributed by atoms with Crippen molar-refractivity contribution in [1.82, 2.24) is 10.6 Å². The summed E-state index contributed by atoms with van der Waals surface area (Å²) in [4.78, 5) is 8.09. The van der Waals surface area contributed by atoms with Gasteiger partial charge in [-0.2, -0.15) is 0 Å². The third-order valence-corrected chi connectivity index (χ3v) is 5.72. The molecular weight excluding hydrogens is 368 g/mol. The van der Waals surface area contributed by atoms with Gasteiger partial charge in [0.1, 0.15) is 0 Å². The lowest BCUT2D eigenvalue weighted by molar-refractivity contribution is 0.122. The summed E-state index contributed by atoms with van der Waals surface area (Å²) >= 11 is 1.78. The van der Waals surface area contributed by atoms with Gasteiger partial charge in [-0.3, -0.25) is 4.99 Å². The van der Waals surface area contributed by atoms with Crippen LogP contribution in [-0.2, 0) is 17.8 Å². The summed E-state index contributed by atoms with van der Waals surface area (Å²) in [5.74, 6) is 0.810. The second kappa shape index (κ2) is 10.4. The van der Waals surface area contributed by atoms with Gasteiger partial charge in [0.15, 0.2) is 5.96 Å². The van der Waals surface area contributed by atoms with Gasteiger partial charge in [-0.15, -0.1) is 11.8 Å². The van der Waals surface area contributed by atoms with Crippen LogP contribution in [0.25, 0.3) is 0 Å². The van der Waals surface area contributed by atoms with Gasteiger partial charge >= 0.3 is 0 Å². The predicted octanol–water partition coefficient (Wildman–Crippen LogP) is 3.42. The summed E-state index contributed by atoms with van der Waals surface area (Å²) in [5, 5.41) is 6.90. The second-order valence-corrected chi connectivity index (χ2v) is 7.67. The van der Waals surface area contributed by atoms with Crippen LogP contribution in [0.15, 0.2) is 52.4 Å². The van der Waals surface area contributed by atoms with Crippen molar-refractivity contribution in [3.8, 4) is 0 Å². The molecule has 0 amide bonds. The minimum atomic E-state index is 0.733. The van der Waals surface area contributed by atoms with Crippen molar-refractivity contribution in [1.29, 1.82) is 0 Å². The molecule has 3 rings (SSSR count). The van der Waals surface area contributed by atoms with Gasteiger partial charge in [-0.05, 0) is 42.0 Å². The van der Waals surface area contributed by atoms with Gasteiger partial charge in [0, 0.05) is 43.8 Å². The van der Waals surface area contributed by atoms with Crippen LogP contribution in [-0.4, -0.2) is 45.6 Å². The lowest BCUT2D eigenvalue weighted by atomic mass is 10.1. The number of benzene rings is 2. The number of para-hydroxylation sites is 1. The van der Waals surface area contributed by atoms with Crippen molar-refractivity contribution in [3.05, 3.63) is 59.2 Å². The number of ether oxygens (including phenoxy) is 1. The maximum atomic E-state index is 5.49. The zero-order chi connectivity index (χ0) is 19.8. The van der Waals surface area contributed by atoms with Gasteiger partial charge in [0.2, 0.25) is 0 Å². The Bertz CT molecular complexity index is 803. The van der Waals surface area contributed by atoms with Gasteiger partial charge in [-0.1, -0.05) is 30.3 Å². The average Bonchev–Trinajstić information content (AvgIpc) is 2.75. The number of hydrogen-bond donors (Lipinski definition) is 2. The molecule has 0 saturated carbocycles. The van der Waals surface area contributed by atoms with E-state index in [9.17, 15) is 0 Å². The highest BCUT2D eigenvalue weighted by Crippen LogP contribution is 2.22. The van der Waals surface area contributed by atoms with Crippen LogP contribution in [0, 0.1) is 6.92 Å². The number of aryl methyl sites for hydroxylation is 1. The largest absolute Gasteiger partial charge is 0.378 e. The van der Waals surface area contributed by atoms with Crippen molar-refractivity contribution in [3.63, 3.8) is 0 Å². The molecule has 1 aliphatic rings. The molecule has 2 aromatic rings. The Balaban J connectivity index is 1.61. The first kappa shape index (κ1) is 20.6. The molecule has 0 radical (unpaired) electrons. The van der Waals surface area contributed by atoms with Crippen LogP contribution in [0.1, 0.15) is 16.7 Å². The van der Waals surface area contributed by atoms with Crippen LogP contribution >= 0.6 is 11.8 Å². The molecule has 5 nitrogen and oxygen atoms in total. The summed E-state index contributed by atoms with van der Waals surface area (Å²) in [6.45, 7) is 7.07. The SMILES string of the molecule is CN=C(NCc1ccc(C)cc1SC)NCc1ccccc1N1CCOCC1. The molecule has 0 bridgehead atoms. The highest BCUT2D eigenvalue weighted by molar-refractivity contribution is 7.98. The van der Waals surface area contributed by atoms with Crippen LogP contribution in [0.2, 0.25) is 0 Å². The minimum Gasteiger partial charge on any atom is -0.378 e. The molecule has 28 heavy (non-hydrogen) atoms. The molecule has 1 aliphatic heterocycles. The molecule has 0 aliphatic carbocycles. The first-order valence-electron chi connectivity index (χ1n) is 9.70. The summed E-state index contributed by atoms with van der Waals surface area (Å²) in [6.07, 6.45) is 2.12. The Morgan fingerprint density at radius 3 is 2.50 bits per heavy atom. The number of nitrogens with one attached hydrogen (secondary N) is 2. The molecule has 1 saturated heterocycles. The van der Waals surface area contributed by atoms with E-state index < -0.39 is 0 Å². The Hall–Kier alpha value is -2.18. The Labute approximate surface area is 172 Å². The normalized spacial score (nSPS) is 14.8. The summed E-state index contributed by atoms with van der Waals surface area (Å²) in [6, 6.07) is 15.1. The maximum Gasteiger partial charge on any atom is 0.191 e.